The van der Waals surface area contributed by atoms with Crippen LogP contribution in [0.15, 0.2) is 53.7 Å². The topological polar surface area (TPSA) is 66.5 Å². The van der Waals surface area contributed by atoms with Crippen LogP contribution >= 0.6 is 24.0 Å². The average Bonchev–Trinajstić information content (AvgIpc) is 3.16. The molecule has 2 heterocycles. The molecule has 6 heteroatoms. The Morgan fingerprint density at radius 3 is 2.64 bits per heavy atom. The Hall–Kier alpha value is -1.83. The van der Waals surface area contributed by atoms with Gasteiger partial charge in [-0.1, -0.05) is 30.3 Å². The lowest BCUT2D eigenvalue weighted by molar-refractivity contribution is 0.847. The Bertz CT molecular complexity index is 669. The molecule has 3 rings (SSSR count). The van der Waals surface area contributed by atoms with E-state index in [-0.39, 0.29) is 24.0 Å². The van der Waals surface area contributed by atoms with Crippen molar-refractivity contribution in [1.29, 1.82) is 0 Å². The molecule has 0 amide bonds. The number of nitrogens with two attached hydrogens (primary N) is 1. The van der Waals surface area contributed by atoms with Crippen molar-refractivity contribution in [3.8, 4) is 0 Å². The number of rotatable bonds is 6. The molecule has 0 radical (unpaired) electrons. The van der Waals surface area contributed by atoms with Crippen LogP contribution in [-0.2, 0) is 13.0 Å². The number of anilines is 1. The maximum atomic E-state index is 5.96. The molecule has 0 unspecified atom stereocenters. The highest BCUT2D eigenvalue weighted by atomic mass is 127. The van der Waals surface area contributed by atoms with Crippen molar-refractivity contribution in [2.75, 3.05) is 24.5 Å². The second-order valence-corrected chi connectivity index (χ2v) is 6.08. The molecule has 5 nitrogen and oxygen atoms in total. The third-order valence-corrected chi connectivity index (χ3v) is 4.23. The molecule has 0 atom stereocenters. The summed E-state index contributed by atoms with van der Waals surface area (Å²) in [6.45, 7) is 3.56. The van der Waals surface area contributed by atoms with Gasteiger partial charge in [0.05, 0.1) is 6.54 Å². The summed E-state index contributed by atoms with van der Waals surface area (Å²) in [5.74, 6) is 1.54. The number of nitrogens with zero attached hydrogens (tertiary/aromatic N) is 3. The number of benzene rings is 1. The lowest BCUT2D eigenvalue weighted by Gasteiger charge is -2.16. The summed E-state index contributed by atoms with van der Waals surface area (Å²) in [6, 6.07) is 14.5. The Morgan fingerprint density at radius 2 is 1.88 bits per heavy atom. The third-order valence-electron chi connectivity index (χ3n) is 4.23. The molecule has 1 aliphatic heterocycles. The van der Waals surface area contributed by atoms with Crippen LogP contribution in [0.1, 0.15) is 24.0 Å². The average molecular weight is 451 g/mol. The van der Waals surface area contributed by atoms with Crippen molar-refractivity contribution >= 4 is 35.8 Å². The monoisotopic (exact) mass is 451 g/mol. The number of hydrogen-bond acceptors (Lipinski definition) is 3. The van der Waals surface area contributed by atoms with Crippen LogP contribution in [-0.4, -0.2) is 30.6 Å². The van der Waals surface area contributed by atoms with Crippen LogP contribution in [0.3, 0.4) is 0 Å². The SMILES string of the molecule is I.NC(=NCc1ccnc(N2CCCC2)c1)NCCc1ccccc1. The maximum absolute atomic E-state index is 5.96. The van der Waals surface area contributed by atoms with Crippen molar-refractivity contribution in [2.24, 2.45) is 10.7 Å². The van der Waals surface area contributed by atoms with Gasteiger partial charge in [0, 0.05) is 25.8 Å². The zero-order valence-corrected chi connectivity index (χ0v) is 16.7. The quantitative estimate of drug-likeness (QED) is 0.403. The van der Waals surface area contributed by atoms with Crippen molar-refractivity contribution < 1.29 is 0 Å². The molecule has 2 aromatic rings. The Balaban J connectivity index is 0.00000225. The molecule has 1 fully saturated rings. The second-order valence-electron chi connectivity index (χ2n) is 6.08. The van der Waals surface area contributed by atoms with Gasteiger partial charge >= 0.3 is 0 Å². The third kappa shape index (κ3) is 6.19. The lowest BCUT2D eigenvalue weighted by Crippen LogP contribution is -2.33. The van der Waals surface area contributed by atoms with Crippen molar-refractivity contribution in [1.82, 2.24) is 10.3 Å². The van der Waals surface area contributed by atoms with E-state index in [1.54, 1.807) is 0 Å². The number of aliphatic imine (C=N–C) groups is 1. The predicted octanol–water partition coefficient (Wildman–Crippen LogP) is 2.95. The highest BCUT2D eigenvalue weighted by molar-refractivity contribution is 14.0. The van der Waals surface area contributed by atoms with Gasteiger partial charge in [-0.3, -0.25) is 0 Å². The first-order valence-electron chi connectivity index (χ1n) is 8.59. The minimum absolute atomic E-state index is 0. The van der Waals surface area contributed by atoms with E-state index in [0.717, 1.165) is 37.4 Å². The number of halogens is 1. The van der Waals surface area contributed by atoms with E-state index in [0.29, 0.717) is 12.5 Å². The van der Waals surface area contributed by atoms with E-state index in [2.05, 4.69) is 38.4 Å². The highest BCUT2D eigenvalue weighted by Gasteiger charge is 2.13. The zero-order valence-electron chi connectivity index (χ0n) is 14.4. The maximum Gasteiger partial charge on any atom is 0.188 e. The van der Waals surface area contributed by atoms with Crippen molar-refractivity contribution in [2.45, 2.75) is 25.8 Å². The number of pyridine rings is 1. The predicted molar refractivity (Wildman–Crippen MR) is 115 cm³/mol. The highest BCUT2D eigenvalue weighted by Crippen LogP contribution is 2.18. The van der Waals surface area contributed by atoms with E-state index >= 15 is 0 Å². The van der Waals surface area contributed by atoms with E-state index in [9.17, 15) is 0 Å². The van der Waals surface area contributed by atoms with Crippen LogP contribution in [0.2, 0.25) is 0 Å². The number of aromatic nitrogens is 1. The summed E-state index contributed by atoms with van der Waals surface area (Å²) in [7, 11) is 0. The first-order chi connectivity index (χ1) is 11.8. The van der Waals surface area contributed by atoms with Crippen LogP contribution < -0.4 is 16.0 Å². The minimum atomic E-state index is 0. The smallest absolute Gasteiger partial charge is 0.188 e. The standard InChI is InChI=1S/C19H25N5.HI/c20-19(22-11-8-16-6-2-1-3-7-16)23-15-17-9-10-21-18(14-17)24-12-4-5-13-24;/h1-3,6-7,9-10,14H,4-5,8,11-13,15H2,(H3,20,22,23);1H. The summed E-state index contributed by atoms with van der Waals surface area (Å²) < 4.78 is 0. The van der Waals surface area contributed by atoms with Gasteiger partial charge < -0.3 is 16.0 Å². The summed E-state index contributed by atoms with van der Waals surface area (Å²) >= 11 is 0. The first kappa shape index (κ1) is 19.5. The Kier molecular flexibility index (Phi) is 7.97. The van der Waals surface area contributed by atoms with Crippen LogP contribution in [0.5, 0.6) is 0 Å². The van der Waals surface area contributed by atoms with Gasteiger partial charge in [0.25, 0.3) is 0 Å². The molecule has 1 aromatic heterocycles. The molecule has 0 aliphatic carbocycles. The summed E-state index contributed by atoms with van der Waals surface area (Å²) in [5.41, 5.74) is 8.39. The molecular formula is C19H26IN5. The molecule has 3 N–H and O–H groups in total. The molecular weight excluding hydrogens is 425 g/mol. The summed E-state index contributed by atoms with van der Waals surface area (Å²) in [4.78, 5) is 11.2. The molecule has 1 saturated heterocycles. The van der Waals surface area contributed by atoms with Gasteiger partial charge in [-0.05, 0) is 42.5 Å². The Morgan fingerprint density at radius 1 is 1.12 bits per heavy atom. The van der Waals surface area contributed by atoms with Gasteiger partial charge in [-0.2, -0.15) is 0 Å². The first-order valence-corrected chi connectivity index (χ1v) is 8.59. The normalized spacial score (nSPS) is 14.2. The minimum Gasteiger partial charge on any atom is -0.370 e. The van der Waals surface area contributed by atoms with Crippen LogP contribution in [0, 0.1) is 0 Å². The van der Waals surface area contributed by atoms with E-state index in [1.807, 2.05) is 30.5 Å². The fourth-order valence-electron chi connectivity index (χ4n) is 2.89. The number of nitrogens with one attached hydrogen (secondary N) is 1. The number of guanidine groups is 1. The molecule has 0 spiro atoms. The fourth-order valence-corrected chi connectivity index (χ4v) is 2.89. The van der Waals surface area contributed by atoms with Crippen LogP contribution in [0.4, 0.5) is 5.82 Å². The molecule has 1 aliphatic rings. The Labute approximate surface area is 166 Å². The molecule has 1 aromatic carbocycles. The van der Waals surface area contributed by atoms with Crippen molar-refractivity contribution in [3.63, 3.8) is 0 Å². The van der Waals surface area contributed by atoms with Gasteiger partial charge in [0.2, 0.25) is 0 Å². The fraction of sp³-hybridized carbons (Fsp3) is 0.368. The van der Waals surface area contributed by atoms with E-state index in [4.69, 9.17) is 5.73 Å². The van der Waals surface area contributed by atoms with E-state index in [1.165, 1.54) is 18.4 Å². The second kappa shape index (κ2) is 10.2. The number of hydrogen-bond donors (Lipinski definition) is 2. The van der Waals surface area contributed by atoms with E-state index < -0.39 is 0 Å². The van der Waals surface area contributed by atoms with Gasteiger partial charge in [-0.25, -0.2) is 9.98 Å². The van der Waals surface area contributed by atoms with Crippen LogP contribution in [0.25, 0.3) is 0 Å². The zero-order chi connectivity index (χ0) is 16.6. The molecule has 25 heavy (non-hydrogen) atoms. The van der Waals surface area contributed by atoms with Gasteiger partial charge in [0.15, 0.2) is 5.96 Å². The van der Waals surface area contributed by atoms with Gasteiger partial charge in [0.1, 0.15) is 5.82 Å². The summed E-state index contributed by atoms with van der Waals surface area (Å²) in [6.07, 6.45) is 5.30. The van der Waals surface area contributed by atoms with Crippen molar-refractivity contribution in [3.05, 3.63) is 59.8 Å². The molecule has 134 valence electrons. The molecule has 0 bridgehead atoms. The largest absolute Gasteiger partial charge is 0.370 e. The van der Waals surface area contributed by atoms with Gasteiger partial charge in [-0.15, -0.1) is 24.0 Å². The summed E-state index contributed by atoms with van der Waals surface area (Å²) in [5, 5.41) is 3.17. The molecule has 0 saturated carbocycles. The lowest BCUT2D eigenvalue weighted by atomic mass is 10.1.